The summed E-state index contributed by atoms with van der Waals surface area (Å²) in [7, 11) is 1.79. The van der Waals surface area contributed by atoms with Gasteiger partial charge in [-0.15, -0.1) is 0 Å². The van der Waals surface area contributed by atoms with Crippen LogP contribution in [0.4, 0.5) is 17.6 Å². The van der Waals surface area contributed by atoms with Gasteiger partial charge in [0.05, 0.1) is 5.60 Å². The number of aromatic nitrogens is 4. The number of hydrogen-bond acceptors (Lipinski definition) is 6. The van der Waals surface area contributed by atoms with Crippen molar-refractivity contribution in [2.45, 2.75) is 51.0 Å². The molecule has 26 heavy (non-hydrogen) atoms. The van der Waals surface area contributed by atoms with E-state index in [1.165, 1.54) is 25.0 Å². The number of nitrogens with one attached hydrogen (secondary N) is 2. The molecule has 1 aliphatic carbocycles. The molecule has 0 spiro atoms. The standard InChI is InChI=1S/C19H28N6O/c1-19(2,26-3)14-5-4-10-25(12-14)18-20-9-8-16(22-18)21-17-11-15(23-24-17)13-6-7-13/h8-9,11,13-14H,4-7,10,12H2,1-3H3,(H2,20,21,22,23,24). The SMILES string of the molecule is COC(C)(C)C1CCCN(c2nccc(Nc3cc(C4CC4)[nH]n3)n2)C1. The molecule has 0 bridgehead atoms. The third kappa shape index (κ3) is 3.67. The van der Waals surface area contributed by atoms with Crippen LogP contribution in [0.5, 0.6) is 0 Å². The second-order valence-corrected chi connectivity index (χ2v) is 7.94. The van der Waals surface area contributed by atoms with Crippen LogP contribution in [0, 0.1) is 5.92 Å². The molecule has 2 fully saturated rings. The minimum atomic E-state index is -0.136. The molecule has 1 saturated heterocycles. The molecule has 1 aliphatic heterocycles. The zero-order chi connectivity index (χ0) is 18.1. The second kappa shape index (κ2) is 6.87. The molecule has 3 heterocycles. The van der Waals surface area contributed by atoms with Crippen LogP contribution >= 0.6 is 0 Å². The molecule has 1 saturated carbocycles. The van der Waals surface area contributed by atoms with E-state index in [4.69, 9.17) is 9.72 Å². The third-order valence-electron chi connectivity index (χ3n) is 5.73. The predicted octanol–water partition coefficient (Wildman–Crippen LogP) is 3.46. The fourth-order valence-electron chi connectivity index (χ4n) is 3.60. The van der Waals surface area contributed by atoms with Crippen molar-refractivity contribution in [3.8, 4) is 0 Å². The highest BCUT2D eigenvalue weighted by Crippen LogP contribution is 2.39. The molecule has 2 aromatic rings. The van der Waals surface area contributed by atoms with E-state index in [1.807, 2.05) is 12.3 Å². The van der Waals surface area contributed by atoms with Gasteiger partial charge in [-0.1, -0.05) is 0 Å². The van der Waals surface area contributed by atoms with Gasteiger partial charge in [0.1, 0.15) is 5.82 Å². The molecule has 4 rings (SSSR count). The number of ether oxygens (including phenoxy) is 1. The maximum atomic E-state index is 5.70. The minimum Gasteiger partial charge on any atom is -0.378 e. The maximum absolute atomic E-state index is 5.70. The Morgan fingerprint density at radius 3 is 2.88 bits per heavy atom. The lowest BCUT2D eigenvalue weighted by Gasteiger charge is -2.40. The smallest absolute Gasteiger partial charge is 0.227 e. The summed E-state index contributed by atoms with van der Waals surface area (Å²) in [5, 5.41) is 10.8. The van der Waals surface area contributed by atoms with Gasteiger partial charge in [0.25, 0.3) is 0 Å². The first-order valence-corrected chi connectivity index (χ1v) is 9.50. The third-order valence-corrected chi connectivity index (χ3v) is 5.73. The van der Waals surface area contributed by atoms with Crippen molar-refractivity contribution in [3.63, 3.8) is 0 Å². The first-order valence-electron chi connectivity index (χ1n) is 9.50. The zero-order valence-electron chi connectivity index (χ0n) is 15.8. The van der Waals surface area contributed by atoms with E-state index in [0.717, 1.165) is 37.1 Å². The van der Waals surface area contributed by atoms with Gasteiger partial charge in [0.2, 0.25) is 5.95 Å². The Kier molecular flexibility index (Phi) is 4.56. The van der Waals surface area contributed by atoms with Crippen LogP contribution in [-0.2, 0) is 4.74 Å². The van der Waals surface area contributed by atoms with Crippen LogP contribution in [-0.4, -0.2) is 46.0 Å². The van der Waals surface area contributed by atoms with E-state index >= 15 is 0 Å². The van der Waals surface area contributed by atoms with Gasteiger partial charge in [0, 0.05) is 50.0 Å². The van der Waals surface area contributed by atoms with Gasteiger partial charge in [-0.2, -0.15) is 10.1 Å². The van der Waals surface area contributed by atoms with Gasteiger partial charge in [0.15, 0.2) is 5.82 Å². The molecule has 7 heteroatoms. The topological polar surface area (TPSA) is 79.0 Å². The number of hydrogen-bond donors (Lipinski definition) is 2. The van der Waals surface area contributed by atoms with E-state index < -0.39 is 0 Å². The monoisotopic (exact) mass is 356 g/mol. The number of methoxy groups -OCH3 is 1. The molecule has 0 aromatic carbocycles. The summed E-state index contributed by atoms with van der Waals surface area (Å²) < 4.78 is 5.70. The molecule has 0 radical (unpaired) electrons. The molecule has 140 valence electrons. The summed E-state index contributed by atoms with van der Waals surface area (Å²) in [5.41, 5.74) is 1.07. The number of H-pyrrole nitrogens is 1. The number of aromatic amines is 1. The molecule has 2 N–H and O–H groups in total. The fraction of sp³-hybridized carbons (Fsp3) is 0.632. The molecule has 7 nitrogen and oxygen atoms in total. The predicted molar refractivity (Wildman–Crippen MR) is 102 cm³/mol. The summed E-state index contributed by atoms with van der Waals surface area (Å²) in [5.74, 6) is 3.48. The van der Waals surface area contributed by atoms with Crippen LogP contribution in [0.3, 0.4) is 0 Å². The summed E-state index contributed by atoms with van der Waals surface area (Å²) in [6.45, 7) is 6.22. The number of rotatable bonds is 6. The Morgan fingerprint density at radius 1 is 1.27 bits per heavy atom. The van der Waals surface area contributed by atoms with Crippen LogP contribution < -0.4 is 10.2 Å². The first-order chi connectivity index (χ1) is 12.5. The van der Waals surface area contributed by atoms with Crippen LogP contribution in [0.2, 0.25) is 0 Å². The zero-order valence-corrected chi connectivity index (χ0v) is 15.8. The van der Waals surface area contributed by atoms with Crippen LogP contribution in [0.25, 0.3) is 0 Å². The molecular formula is C19H28N6O. The molecule has 1 atom stereocenters. The van der Waals surface area contributed by atoms with Crippen molar-refractivity contribution in [1.82, 2.24) is 20.2 Å². The van der Waals surface area contributed by atoms with Gasteiger partial charge in [-0.05, 0) is 45.6 Å². The molecule has 2 aliphatic rings. The largest absolute Gasteiger partial charge is 0.378 e. The van der Waals surface area contributed by atoms with Gasteiger partial charge in [-0.3, -0.25) is 5.10 Å². The quantitative estimate of drug-likeness (QED) is 0.825. The van der Waals surface area contributed by atoms with Crippen molar-refractivity contribution in [3.05, 3.63) is 24.0 Å². The normalized spacial score (nSPS) is 21.0. The maximum Gasteiger partial charge on any atom is 0.227 e. The van der Waals surface area contributed by atoms with E-state index in [-0.39, 0.29) is 5.60 Å². The summed E-state index contributed by atoms with van der Waals surface area (Å²) in [6, 6.07) is 3.97. The van der Waals surface area contributed by atoms with Gasteiger partial charge < -0.3 is 15.0 Å². The number of nitrogens with zero attached hydrogens (tertiary/aromatic N) is 4. The molecule has 0 amide bonds. The molecular weight excluding hydrogens is 328 g/mol. The molecule has 1 unspecified atom stereocenters. The van der Waals surface area contributed by atoms with E-state index in [1.54, 1.807) is 7.11 Å². The highest BCUT2D eigenvalue weighted by atomic mass is 16.5. The Morgan fingerprint density at radius 2 is 2.12 bits per heavy atom. The average molecular weight is 356 g/mol. The van der Waals surface area contributed by atoms with Crippen molar-refractivity contribution >= 4 is 17.6 Å². The average Bonchev–Trinajstić information content (AvgIpc) is 3.42. The number of piperidine rings is 1. The van der Waals surface area contributed by atoms with E-state index in [0.29, 0.717) is 11.8 Å². The summed E-state index contributed by atoms with van der Waals surface area (Å²) in [6.07, 6.45) is 6.62. The van der Waals surface area contributed by atoms with Crippen LogP contribution in [0.1, 0.15) is 51.1 Å². The highest BCUT2D eigenvalue weighted by Gasteiger charge is 2.34. The lowest BCUT2D eigenvalue weighted by molar-refractivity contribution is -0.0321. The lowest BCUT2D eigenvalue weighted by Crippen LogP contribution is -2.46. The summed E-state index contributed by atoms with van der Waals surface area (Å²) >= 11 is 0. The fourth-order valence-corrected chi connectivity index (χ4v) is 3.60. The van der Waals surface area contributed by atoms with Crippen molar-refractivity contribution in [1.29, 1.82) is 0 Å². The van der Waals surface area contributed by atoms with Gasteiger partial charge >= 0.3 is 0 Å². The van der Waals surface area contributed by atoms with Crippen LogP contribution in [0.15, 0.2) is 18.3 Å². The number of anilines is 3. The second-order valence-electron chi connectivity index (χ2n) is 7.94. The Balaban J connectivity index is 1.46. The van der Waals surface area contributed by atoms with E-state index in [9.17, 15) is 0 Å². The van der Waals surface area contributed by atoms with Crippen molar-refractivity contribution < 1.29 is 4.74 Å². The van der Waals surface area contributed by atoms with E-state index in [2.05, 4.69) is 45.3 Å². The Bertz CT molecular complexity index is 754. The van der Waals surface area contributed by atoms with Gasteiger partial charge in [-0.25, -0.2) is 4.98 Å². The molecule has 2 aromatic heterocycles. The summed E-state index contributed by atoms with van der Waals surface area (Å²) in [4.78, 5) is 11.5. The van der Waals surface area contributed by atoms with Crippen molar-refractivity contribution in [2.24, 2.45) is 5.92 Å². The van der Waals surface area contributed by atoms with Crippen molar-refractivity contribution in [2.75, 3.05) is 30.4 Å². The first kappa shape index (κ1) is 17.3. The highest BCUT2D eigenvalue weighted by molar-refractivity contribution is 5.53. The lowest BCUT2D eigenvalue weighted by atomic mass is 9.84. The Hall–Kier alpha value is -2.15. The Labute approximate surface area is 154 Å². The minimum absolute atomic E-state index is 0.136.